The van der Waals surface area contributed by atoms with Gasteiger partial charge in [-0.2, -0.15) is 5.10 Å². The number of hydrogen-bond donors (Lipinski definition) is 0. The molecule has 0 saturated heterocycles. The first-order valence-corrected chi connectivity index (χ1v) is 6.86. The molecule has 0 fully saturated rings. The Morgan fingerprint density at radius 3 is 2.79 bits per heavy atom. The quantitative estimate of drug-likeness (QED) is 0.868. The van der Waals surface area contributed by atoms with E-state index in [1.165, 1.54) is 0 Å². The topological polar surface area (TPSA) is 38.1 Å². The van der Waals surface area contributed by atoms with Crippen molar-refractivity contribution in [1.29, 1.82) is 0 Å². The molecule has 1 unspecified atom stereocenters. The minimum Gasteiger partial charge on any atom is -0.340 e. The summed E-state index contributed by atoms with van der Waals surface area (Å²) in [6.07, 6.45) is 3.48. The monoisotopic (exact) mass is 321 g/mol. The van der Waals surface area contributed by atoms with E-state index in [2.05, 4.69) is 21.0 Å². The van der Waals surface area contributed by atoms with E-state index in [4.69, 9.17) is 0 Å². The maximum Gasteiger partial charge on any atom is 0.247 e. The van der Waals surface area contributed by atoms with Crippen LogP contribution in [0.25, 0.3) is 0 Å². The fraction of sp³-hybridized carbons (Fsp3) is 0.286. The van der Waals surface area contributed by atoms with Crippen LogP contribution >= 0.6 is 15.9 Å². The van der Waals surface area contributed by atoms with Crippen LogP contribution in [0.3, 0.4) is 0 Å². The molecule has 5 heteroatoms. The van der Waals surface area contributed by atoms with Gasteiger partial charge in [-0.3, -0.25) is 9.48 Å². The molecular formula is C14H16BrN3O. The van der Waals surface area contributed by atoms with E-state index in [0.29, 0.717) is 6.54 Å². The average molecular weight is 322 g/mol. The van der Waals surface area contributed by atoms with Crippen LogP contribution in [0.15, 0.2) is 47.2 Å². The van der Waals surface area contributed by atoms with Gasteiger partial charge in [0.05, 0.1) is 0 Å². The molecule has 0 aliphatic heterocycles. The second-order valence-electron chi connectivity index (χ2n) is 4.45. The second kappa shape index (κ2) is 6.02. The van der Waals surface area contributed by atoms with Gasteiger partial charge in [0.1, 0.15) is 6.04 Å². The number of nitrogens with zero attached hydrogens (tertiary/aromatic N) is 3. The van der Waals surface area contributed by atoms with E-state index in [-0.39, 0.29) is 11.9 Å². The zero-order chi connectivity index (χ0) is 13.8. The highest BCUT2D eigenvalue weighted by molar-refractivity contribution is 9.10. The minimum absolute atomic E-state index is 0.0412. The van der Waals surface area contributed by atoms with Gasteiger partial charge in [-0.05, 0) is 24.6 Å². The zero-order valence-corrected chi connectivity index (χ0v) is 12.5. The van der Waals surface area contributed by atoms with Crippen LogP contribution in [0, 0.1) is 0 Å². The predicted molar refractivity (Wildman–Crippen MR) is 77.6 cm³/mol. The van der Waals surface area contributed by atoms with Crippen LogP contribution in [0.5, 0.6) is 0 Å². The van der Waals surface area contributed by atoms with Crippen LogP contribution in [-0.2, 0) is 11.3 Å². The number of carbonyl (C=O) groups excluding carboxylic acids is 1. The van der Waals surface area contributed by atoms with Gasteiger partial charge in [0.15, 0.2) is 0 Å². The Kier molecular flexibility index (Phi) is 4.37. The summed E-state index contributed by atoms with van der Waals surface area (Å²) in [4.78, 5) is 14.0. The normalized spacial score (nSPS) is 12.2. The summed E-state index contributed by atoms with van der Waals surface area (Å²) in [7, 11) is 1.81. The Morgan fingerprint density at radius 1 is 1.42 bits per heavy atom. The molecule has 0 radical (unpaired) electrons. The van der Waals surface area contributed by atoms with Crippen LogP contribution < -0.4 is 0 Å². The first kappa shape index (κ1) is 13.8. The molecule has 2 rings (SSSR count). The van der Waals surface area contributed by atoms with Gasteiger partial charge in [-0.25, -0.2) is 0 Å². The third-order valence-corrected chi connectivity index (χ3v) is 3.79. The van der Waals surface area contributed by atoms with E-state index in [1.807, 2.05) is 44.3 Å². The van der Waals surface area contributed by atoms with Gasteiger partial charge in [0, 0.05) is 30.5 Å². The van der Waals surface area contributed by atoms with Gasteiger partial charge < -0.3 is 4.90 Å². The zero-order valence-electron chi connectivity index (χ0n) is 11.0. The average Bonchev–Trinajstić information content (AvgIpc) is 2.93. The molecule has 1 aromatic heterocycles. The van der Waals surface area contributed by atoms with Crippen molar-refractivity contribution in [2.24, 2.45) is 0 Å². The van der Waals surface area contributed by atoms with E-state index >= 15 is 0 Å². The van der Waals surface area contributed by atoms with Crippen molar-refractivity contribution in [3.63, 3.8) is 0 Å². The maximum atomic E-state index is 12.3. The van der Waals surface area contributed by atoms with E-state index in [0.717, 1.165) is 10.0 Å². The SMILES string of the molecule is CC(C(=O)N(C)Cc1ccccc1Br)n1cccn1. The third kappa shape index (κ3) is 3.23. The number of halogens is 1. The third-order valence-electron chi connectivity index (χ3n) is 3.02. The summed E-state index contributed by atoms with van der Waals surface area (Å²) >= 11 is 3.49. The van der Waals surface area contributed by atoms with Crippen molar-refractivity contribution < 1.29 is 4.79 Å². The standard InChI is InChI=1S/C14H16BrN3O/c1-11(18-9-5-8-16-18)14(19)17(2)10-12-6-3-4-7-13(12)15/h3-9,11H,10H2,1-2H3. The lowest BCUT2D eigenvalue weighted by molar-refractivity contribution is -0.133. The Bertz CT molecular complexity index is 554. The van der Waals surface area contributed by atoms with Crippen molar-refractivity contribution in [2.45, 2.75) is 19.5 Å². The lowest BCUT2D eigenvalue weighted by Crippen LogP contribution is -2.33. The van der Waals surface area contributed by atoms with Crippen molar-refractivity contribution in [1.82, 2.24) is 14.7 Å². The molecule has 19 heavy (non-hydrogen) atoms. The Balaban J connectivity index is 2.06. The molecule has 0 aliphatic rings. The molecule has 4 nitrogen and oxygen atoms in total. The van der Waals surface area contributed by atoms with Crippen molar-refractivity contribution in [3.8, 4) is 0 Å². The highest BCUT2D eigenvalue weighted by Gasteiger charge is 2.19. The highest BCUT2D eigenvalue weighted by Crippen LogP contribution is 2.18. The van der Waals surface area contributed by atoms with Crippen molar-refractivity contribution in [2.75, 3.05) is 7.05 Å². The number of hydrogen-bond acceptors (Lipinski definition) is 2. The van der Waals surface area contributed by atoms with Crippen LogP contribution in [0.1, 0.15) is 18.5 Å². The van der Waals surface area contributed by atoms with Crippen LogP contribution in [-0.4, -0.2) is 27.6 Å². The molecule has 0 N–H and O–H groups in total. The smallest absolute Gasteiger partial charge is 0.247 e. The van der Waals surface area contributed by atoms with Crippen LogP contribution in [0.2, 0.25) is 0 Å². The molecule has 100 valence electrons. The second-order valence-corrected chi connectivity index (χ2v) is 5.30. The maximum absolute atomic E-state index is 12.3. The van der Waals surface area contributed by atoms with Gasteiger partial charge in [-0.1, -0.05) is 34.1 Å². The summed E-state index contributed by atoms with van der Waals surface area (Å²) in [6.45, 7) is 2.43. The Hall–Kier alpha value is -1.62. The van der Waals surface area contributed by atoms with Gasteiger partial charge in [-0.15, -0.1) is 0 Å². The number of rotatable bonds is 4. The molecule has 1 heterocycles. The molecule has 0 aliphatic carbocycles. The molecule has 0 spiro atoms. The predicted octanol–water partition coefficient (Wildman–Crippen LogP) is 2.87. The lowest BCUT2D eigenvalue weighted by atomic mass is 10.2. The molecule has 0 saturated carbocycles. The number of carbonyl (C=O) groups is 1. The molecule has 0 bridgehead atoms. The summed E-state index contributed by atoms with van der Waals surface area (Å²) < 4.78 is 2.68. The summed E-state index contributed by atoms with van der Waals surface area (Å²) in [5, 5.41) is 4.10. The van der Waals surface area contributed by atoms with Gasteiger partial charge in [0.2, 0.25) is 5.91 Å². The first-order chi connectivity index (χ1) is 9.09. The number of aromatic nitrogens is 2. The van der Waals surface area contributed by atoms with Crippen LogP contribution in [0.4, 0.5) is 0 Å². The first-order valence-electron chi connectivity index (χ1n) is 6.07. The van der Waals surface area contributed by atoms with Gasteiger partial charge >= 0.3 is 0 Å². The molecule has 1 aromatic carbocycles. The van der Waals surface area contributed by atoms with Crippen molar-refractivity contribution >= 4 is 21.8 Å². The van der Waals surface area contributed by atoms with Crippen molar-refractivity contribution in [3.05, 3.63) is 52.8 Å². The molecular weight excluding hydrogens is 306 g/mol. The number of amides is 1. The molecule has 1 atom stereocenters. The highest BCUT2D eigenvalue weighted by atomic mass is 79.9. The largest absolute Gasteiger partial charge is 0.340 e. The summed E-state index contributed by atoms with van der Waals surface area (Å²) in [6, 6.07) is 9.44. The number of benzene rings is 1. The van der Waals surface area contributed by atoms with E-state index < -0.39 is 0 Å². The minimum atomic E-state index is -0.289. The number of likely N-dealkylation sites (N-methyl/N-ethyl adjacent to an activating group) is 1. The summed E-state index contributed by atoms with van der Waals surface area (Å²) in [5.74, 6) is 0.0412. The van der Waals surface area contributed by atoms with E-state index in [9.17, 15) is 4.79 Å². The Morgan fingerprint density at radius 2 is 2.16 bits per heavy atom. The fourth-order valence-electron chi connectivity index (χ4n) is 1.90. The molecule has 2 aromatic rings. The Labute approximate surface area is 121 Å². The summed E-state index contributed by atoms with van der Waals surface area (Å²) in [5.41, 5.74) is 1.09. The van der Waals surface area contributed by atoms with Gasteiger partial charge in [0.25, 0.3) is 0 Å². The molecule has 1 amide bonds. The fourth-order valence-corrected chi connectivity index (χ4v) is 2.31. The van der Waals surface area contributed by atoms with E-state index in [1.54, 1.807) is 22.0 Å². The lowest BCUT2D eigenvalue weighted by Gasteiger charge is -2.22.